The fourth-order valence-electron chi connectivity index (χ4n) is 3.45. The lowest BCUT2D eigenvalue weighted by molar-refractivity contribution is -0.130. The lowest BCUT2D eigenvalue weighted by Crippen LogP contribution is -2.50. The first-order valence-electron chi connectivity index (χ1n) is 9.48. The van der Waals surface area contributed by atoms with Gasteiger partial charge in [0.05, 0.1) is 11.2 Å². The van der Waals surface area contributed by atoms with Gasteiger partial charge in [0.1, 0.15) is 0 Å². The monoisotopic (exact) mass is 452 g/mol. The Bertz CT molecular complexity index is 1080. The molecule has 0 aliphatic carbocycles. The van der Waals surface area contributed by atoms with E-state index in [1.54, 1.807) is 16.7 Å². The van der Waals surface area contributed by atoms with E-state index in [9.17, 15) is 9.59 Å². The molecule has 2 aromatic carbocycles. The summed E-state index contributed by atoms with van der Waals surface area (Å²) in [4.78, 5) is 27.7. The number of carbonyl (C=O) groups excluding carboxylic acids is 2. The summed E-state index contributed by atoms with van der Waals surface area (Å²) < 4.78 is 1.01. The van der Waals surface area contributed by atoms with E-state index in [1.807, 2.05) is 54.6 Å². The molecular formula is C22H21BrN4O2. The highest BCUT2D eigenvalue weighted by Gasteiger charge is 2.23. The maximum absolute atomic E-state index is 12.7. The molecular weight excluding hydrogens is 432 g/mol. The number of hydrogen-bond acceptors (Lipinski definition) is 3. The number of rotatable bonds is 3. The summed E-state index contributed by atoms with van der Waals surface area (Å²) in [7, 11) is 0. The van der Waals surface area contributed by atoms with E-state index in [2.05, 4.69) is 26.1 Å². The summed E-state index contributed by atoms with van der Waals surface area (Å²) in [5, 5.41) is 8.40. The Hall–Kier alpha value is -2.93. The average Bonchev–Trinajstić information content (AvgIpc) is 3.14. The number of H-pyrrole nitrogens is 1. The van der Waals surface area contributed by atoms with Crippen molar-refractivity contribution in [1.29, 1.82) is 0 Å². The molecule has 1 aromatic heterocycles. The van der Waals surface area contributed by atoms with Gasteiger partial charge in [0.15, 0.2) is 0 Å². The van der Waals surface area contributed by atoms with Crippen molar-refractivity contribution in [3.05, 3.63) is 63.8 Å². The van der Waals surface area contributed by atoms with Crippen LogP contribution in [-0.4, -0.2) is 58.0 Å². The number of amides is 2. The number of fused-ring (bicyclic) bond motifs is 1. The molecule has 3 aromatic rings. The molecule has 29 heavy (non-hydrogen) atoms. The van der Waals surface area contributed by atoms with Gasteiger partial charge in [-0.2, -0.15) is 5.10 Å². The molecule has 0 spiro atoms. The number of halogens is 1. The van der Waals surface area contributed by atoms with Crippen LogP contribution in [0.25, 0.3) is 23.1 Å². The third-order valence-electron chi connectivity index (χ3n) is 5.16. The highest BCUT2D eigenvalue weighted by atomic mass is 79.9. The minimum absolute atomic E-state index is 0.00754. The first-order valence-corrected chi connectivity index (χ1v) is 10.3. The molecule has 2 amide bonds. The first kappa shape index (κ1) is 19.4. The lowest BCUT2D eigenvalue weighted by atomic mass is 10.1. The smallest absolute Gasteiger partial charge is 0.253 e. The van der Waals surface area contributed by atoms with E-state index in [0.717, 1.165) is 26.6 Å². The predicted molar refractivity (Wildman–Crippen MR) is 117 cm³/mol. The van der Waals surface area contributed by atoms with E-state index in [1.165, 1.54) is 0 Å². The van der Waals surface area contributed by atoms with Crippen molar-refractivity contribution >= 4 is 50.8 Å². The number of piperazine rings is 1. The molecule has 1 aliphatic rings. The fraction of sp³-hybridized carbons (Fsp3) is 0.227. The van der Waals surface area contributed by atoms with Gasteiger partial charge in [-0.3, -0.25) is 14.7 Å². The van der Waals surface area contributed by atoms with Crippen molar-refractivity contribution in [3.8, 4) is 0 Å². The summed E-state index contributed by atoms with van der Waals surface area (Å²) in [6, 6.07) is 13.5. The number of aromatic nitrogens is 2. The topological polar surface area (TPSA) is 69.3 Å². The van der Waals surface area contributed by atoms with Gasteiger partial charge in [-0.25, -0.2) is 0 Å². The number of aromatic amines is 1. The molecule has 1 N–H and O–H groups in total. The third-order valence-corrected chi connectivity index (χ3v) is 5.65. The van der Waals surface area contributed by atoms with Crippen LogP contribution in [0, 0.1) is 0 Å². The van der Waals surface area contributed by atoms with Gasteiger partial charge in [-0.05, 0) is 42.0 Å². The molecule has 1 fully saturated rings. The zero-order valence-corrected chi connectivity index (χ0v) is 17.6. The van der Waals surface area contributed by atoms with Crippen molar-refractivity contribution in [3.63, 3.8) is 0 Å². The number of nitrogens with one attached hydrogen (secondary N) is 1. The van der Waals surface area contributed by atoms with Gasteiger partial charge in [-0.1, -0.05) is 34.1 Å². The van der Waals surface area contributed by atoms with E-state index < -0.39 is 0 Å². The van der Waals surface area contributed by atoms with Crippen LogP contribution < -0.4 is 0 Å². The Morgan fingerprint density at radius 3 is 2.38 bits per heavy atom. The minimum Gasteiger partial charge on any atom is -0.339 e. The van der Waals surface area contributed by atoms with Crippen LogP contribution in [-0.2, 0) is 4.79 Å². The lowest BCUT2D eigenvalue weighted by Gasteiger charge is -2.34. The SMILES string of the molecule is CC(=O)N1CCN(C(=O)c2ccc(/C=C/c3[nH]nc4ccc(Br)cc34)cc2)CC1. The van der Waals surface area contributed by atoms with E-state index >= 15 is 0 Å². The maximum Gasteiger partial charge on any atom is 0.253 e. The summed E-state index contributed by atoms with van der Waals surface area (Å²) in [5.74, 6) is 0.0683. The van der Waals surface area contributed by atoms with Crippen molar-refractivity contribution in [2.24, 2.45) is 0 Å². The van der Waals surface area contributed by atoms with E-state index in [4.69, 9.17) is 0 Å². The zero-order valence-electron chi connectivity index (χ0n) is 16.1. The fourth-order valence-corrected chi connectivity index (χ4v) is 3.81. The Morgan fingerprint density at radius 2 is 1.69 bits per heavy atom. The number of hydrogen-bond donors (Lipinski definition) is 1. The van der Waals surface area contributed by atoms with Gasteiger partial charge in [-0.15, -0.1) is 0 Å². The molecule has 148 valence electrons. The van der Waals surface area contributed by atoms with Crippen molar-refractivity contribution in [1.82, 2.24) is 20.0 Å². The Morgan fingerprint density at radius 1 is 1.00 bits per heavy atom. The molecule has 0 saturated carbocycles. The van der Waals surface area contributed by atoms with Crippen LogP contribution in [0.15, 0.2) is 46.9 Å². The second-order valence-electron chi connectivity index (χ2n) is 7.05. The number of benzene rings is 2. The van der Waals surface area contributed by atoms with Gasteiger partial charge in [0, 0.05) is 48.5 Å². The standard InChI is InChI=1S/C22H21BrN4O2/c1-15(28)26-10-12-27(13-11-26)22(29)17-5-2-16(3-6-17)4-8-20-19-14-18(23)7-9-21(19)25-24-20/h2-9,14H,10-13H2,1H3,(H,24,25)/b8-4+. The van der Waals surface area contributed by atoms with Crippen LogP contribution in [0.3, 0.4) is 0 Å². The van der Waals surface area contributed by atoms with Gasteiger partial charge in [0.2, 0.25) is 5.91 Å². The molecule has 0 atom stereocenters. The molecule has 6 nitrogen and oxygen atoms in total. The third kappa shape index (κ3) is 4.24. The quantitative estimate of drug-likeness (QED) is 0.656. The number of nitrogens with zero attached hydrogens (tertiary/aromatic N) is 3. The van der Waals surface area contributed by atoms with Crippen LogP contribution in [0.1, 0.15) is 28.5 Å². The van der Waals surface area contributed by atoms with Gasteiger partial charge in [0.25, 0.3) is 5.91 Å². The van der Waals surface area contributed by atoms with Gasteiger partial charge >= 0.3 is 0 Å². The second kappa shape index (κ2) is 8.21. The molecule has 1 aliphatic heterocycles. The molecule has 0 radical (unpaired) electrons. The molecule has 0 bridgehead atoms. The summed E-state index contributed by atoms with van der Waals surface area (Å²) in [5.41, 5.74) is 3.51. The predicted octanol–water partition coefficient (Wildman–Crippen LogP) is 3.80. The highest BCUT2D eigenvalue weighted by Crippen LogP contribution is 2.22. The molecule has 7 heteroatoms. The van der Waals surface area contributed by atoms with E-state index in [-0.39, 0.29) is 11.8 Å². The van der Waals surface area contributed by atoms with Crippen LogP contribution >= 0.6 is 15.9 Å². The summed E-state index contributed by atoms with van der Waals surface area (Å²) >= 11 is 3.49. The normalized spacial score (nSPS) is 14.7. The average molecular weight is 453 g/mol. The molecule has 1 saturated heterocycles. The van der Waals surface area contributed by atoms with Crippen molar-refractivity contribution < 1.29 is 9.59 Å². The molecule has 0 unspecified atom stereocenters. The minimum atomic E-state index is 0.00754. The Labute approximate surface area is 177 Å². The van der Waals surface area contributed by atoms with Crippen molar-refractivity contribution in [2.45, 2.75) is 6.92 Å². The van der Waals surface area contributed by atoms with E-state index in [0.29, 0.717) is 31.7 Å². The largest absolute Gasteiger partial charge is 0.339 e. The first-order chi connectivity index (χ1) is 14.0. The van der Waals surface area contributed by atoms with Crippen LogP contribution in [0.5, 0.6) is 0 Å². The zero-order chi connectivity index (χ0) is 20.4. The Kier molecular flexibility index (Phi) is 5.49. The highest BCUT2D eigenvalue weighted by molar-refractivity contribution is 9.10. The van der Waals surface area contributed by atoms with Crippen molar-refractivity contribution in [2.75, 3.05) is 26.2 Å². The number of carbonyl (C=O) groups is 2. The second-order valence-corrected chi connectivity index (χ2v) is 7.97. The van der Waals surface area contributed by atoms with Crippen LogP contribution in [0.4, 0.5) is 0 Å². The maximum atomic E-state index is 12.7. The summed E-state index contributed by atoms with van der Waals surface area (Å²) in [6.07, 6.45) is 3.98. The van der Waals surface area contributed by atoms with Gasteiger partial charge < -0.3 is 9.80 Å². The summed E-state index contributed by atoms with van der Waals surface area (Å²) in [6.45, 7) is 3.89. The van der Waals surface area contributed by atoms with Crippen LogP contribution in [0.2, 0.25) is 0 Å². The molecule has 4 rings (SSSR count). The Balaban J connectivity index is 1.44. The molecule has 2 heterocycles.